The monoisotopic (exact) mass is 497 g/mol. The van der Waals surface area contributed by atoms with Gasteiger partial charge in [-0.15, -0.1) is 0 Å². The van der Waals surface area contributed by atoms with E-state index >= 15 is 0 Å². The molecule has 0 fully saturated rings. The second-order valence-electron chi connectivity index (χ2n) is 7.63. The molecule has 0 saturated carbocycles. The quantitative estimate of drug-likeness (QED) is 0.307. The third kappa shape index (κ3) is 4.62. The number of halogens is 1. The van der Waals surface area contributed by atoms with E-state index in [1.165, 1.54) is 16.3 Å². The number of amides is 1. The maximum atomic E-state index is 13.3. The van der Waals surface area contributed by atoms with Crippen molar-refractivity contribution >= 4 is 45.9 Å². The van der Waals surface area contributed by atoms with Crippen LogP contribution in [0.15, 0.2) is 69.2 Å². The van der Waals surface area contributed by atoms with E-state index in [4.69, 9.17) is 25.5 Å². The fourth-order valence-electron chi connectivity index (χ4n) is 3.54. The third-order valence-corrected chi connectivity index (χ3v) is 6.56. The number of benzene rings is 2. The van der Waals surface area contributed by atoms with E-state index in [-0.39, 0.29) is 18.0 Å². The summed E-state index contributed by atoms with van der Waals surface area (Å²) >= 11 is 7.30. The van der Waals surface area contributed by atoms with Crippen LogP contribution in [0.5, 0.6) is 11.5 Å². The average molecular weight is 498 g/mol. The van der Waals surface area contributed by atoms with Gasteiger partial charge in [-0.1, -0.05) is 23.4 Å². The molecule has 5 rings (SSSR count). The van der Waals surface area contributed by atoms with Gasteiger partial charge in [0.05, 0.1) is 29.0 Å². The number of nitrogens with zero attached hydrogens (tertiary/aromatic N) is 2. The molecule has 8 nitrogen and oxygen atoms in total. The molecule has 1 atom stereocenters. The predicted octanol–water partition coefficient (Wildman–Crippen LogP) is 4.58. The highest BCUT2D eigenvalue weighted by molar-refractivity contribution is 8.00. The zero-order chi connectivity index (χ0) is 23.7. The number of carbonyl (C=O) groups is 1. The van der Waals surface area contributed by atoms with Crippen molar-refractivity contribution in [2.45, 2.75) is 23.9 Å². The fourth-order valence-corrected chi connectivity index (χ4v) is 4.61. The van der Waals surface area contributed by atoms with Crippen molar-refractivity contribution < 1.29 is 18.7 Å². The molecule has 0 saturated heterocycles. The van der Waals surface area contributed by atoms with Gasteiger partial charge in [-0.25, -0.2) is 4.98 Å². The standard InChI is InChI=1S/C24H20ClN3O5S/c1-14(22(29)26-16-5-7-20-21(12-16)33-10-9-32-20)34-24-27-19-11-15(25)4-6-18(19)23(30)28(24)13-17-3-2-8-31-17/h2-8,11-12,14H,9-10,13H2,1H3,(H,26,29). The van der Waals surface area contributed by atoms with E-state index in [1.54, 1.807) is 61.7 Å². The molecule has 1 N–H and O–H groups in total. The minimum Gasteiger partial charge on any atom is -0.486 e. The first kappa shape index (κ1) is 22.4. The lowest BCUT2D eigenvalue weighted by Crippen LogP contribution is -2.27. The van der Waals surface area contributed by atoms with Crippen LogP contribution in [-0.2, 0) is 11.3 Å². The summed E-state index contributed by atoms with van der Waals surface area (Å²) in [6.45, 7) is 2.90. The minimum atomic E-state index is -0.556. The Labute approximate surface area is 203 Å². The Balaban J connectivity index is 1.42. The second-order valence-corrected chi connectivity index (χ2v) is 9.38. The molecule has 4 aromatic rings. The Kier molecular flexibility index (Phi) is 6.21. The Morgan fingerprint density at radius 1 is 1.18 bits per heavy atom. The van der Waals surface area contributed by atoms with Crippen molar-refractivity contribution in [3.05, 3.63) is 75.9 Å². The van der Waals surface area contributed by atoms with Gasteiger partial charge < -0.3 is 19.2 Å². The molecule has 0 radical (unpaired) electrons. The van der Waals surface area contributed by atoms with Crippen LogP contribution in [0, 0.1) is 0 Å². The van der Waals surface area contributed by atoms with Crippen LogP contribution in [0.3, 0.4) is 0 Å². The highest BCUT2D eigenvalue weighted by Crippen LogP contribution is 2.33. The number of anilines is 1. The molecule has 1 unspecified atom stereocenters. The van der Waals surface area contributed by atoms with Crippen LogP contribution in [0.25, 0.3) is 10.9 Å². The van der Waals surface area contributed by atoms with Crippen molar-refractivity contribution in [2.24, 2.45) is 0 Å². The molecular formula is C24H20ClN3O5S. The maximum absolute atomic E-state index is 13.3. The van der Waals surface area contributed by atoms with Crippen LogP contribution < -0.4 is 20.3 Å². The number of ether oxygens (including phenoxy) is 2. The van der Waals surface area contributed by atoms with Gasteiger partial charge in [0.15, 0.2) is 16.7 Å². The van der Waals surface area contributed by atoms with Gasteiger partial charge in [0, 0.05) is 16.8 Å². The normalized spacial score (nSPS) is 13.6. The van der Waals surface area contributed by atoms with Crippen molar-refractivity contribution in [1.29, 1.82) is 0 Å². The summed E-state index contributed by atoms with van der Waals surface area (Å²) in [5, 5.41) is 3.64. The Morgan fingerprint density at radius 3 is 2.79 bits per heavy atom. The van der Waals surface area contributed by atoms with Crippen molar-refractivity contribution in [2.75, 3.05) is 18.5 Å². The number of nitrogens with one attached hydrogen (secondary N) is 1. The van der Waals surface area contributed by atoms with E-state index in [0.717, 1.165) is 0 Å². The molecule has 1 amide bonds. The van der Waals surface area contributed by atoms with Gasteiger partial charge in [0.25, 0.3) is 5.56 Å². The molecule has 1 aliphatic heterocycles. The van der Waals surface area contributed by atoms with Crippen LogP contribution in [0.1, 0.15) is 12.7 Å². The fraction of sp³-hybridized carbons (Fsp3) is 0.208. The average Bonchev–Trinajstić information content (AvgIpc) is 3.34. The van der Waals surface area contributed by atoms with Gasteiger partial charge in [-0.05, 0) is 49.4 Å². The van der Waals surface area contributed by atoms with Gasteiger partial charge in [0.1, 0.15) is 19.0 Å². The molecular weight excluding hydrogens is 478 g/mol. The molecule has 0 spiro atoms. The van der Waals surface area contributed by atoms with Crippen LogP contribution in [0.2, 0.25) is 5.02 Å². The molecule has 174 valence electrons. The Hall–Kier alpha value is -3.43. The highest BCUT2D eigenvalue weighted by atomic mass is 35.5. The van der Waals surface area contributed by atoms with Crippen molar-refractivity contribution in [1.82, 2.24) is 9.55 Å². The van der Waals surface area contributed by atoms with Crippen molar-refractivity contribution in [3.63, 3.8) is 0 Å². The smallest absolute Gasteiger partial charge is 0.262 e. The maximum Gasteiger partial charge on any atom is 0.262 e. The molecule has 0 aliphatic carbocycles. The number of hydrogen-bond donors (Lipinski definition) is 1. The third-order valence-electron chi connectivity index (χ3n) is 5.24. The van der Waals surface area contributed by atoms with Crippen molar-refractivity contribution in [3.8, 4) is 11.5 Å². The lowest BCUT2D eigenvalue weighted by atomic mass is 10.2. The van der Waals surface area contributed by atoms with Crippen LogP contribution in [-0.4, -0.2) is 33.9 Å². The van der Waals surface area contributed by atoms with Gasteiger partial charge in [-0.2, -0.15) is 0 Å². The zero-order valence-corrected chi connectivity index (χ0v) is 19.7. The van der Waals surface area contributed by atoms with Gasteiger partial charge in [0.2, 0.25) is 5.91 Å². The zero-order valence-electron chi connectivity index (χ0n) is 18.1. The summed E-state index contributed by atoms with van der Waals surface area (Å²) in [5.41, 5.74) is 0.822. The SMILES string of the molecule is CC(Sc1nc2cc(Cl)ccc2c(=O)n1Cc1ccco1)C(=O)Nc1ccc2c(c1)OCCO2. The number of hydrogen-bond acceptors (Lipinski definition) is 7. The minimum absolute atomic E-state index is 0.191. The molecule has 0 bridgehead atoms. The topological polar surface area (TPSA) is 95.6 Å². The lowest BCUT2D eigenvalue weighted by Gasteiger charge is -2.19. The first-order chi connectivity index (χ1) is 16.5. The second kappa shape index (κ2) is 9.44. The largest absolute Gasteiger partial charge is 0.486 e. The Bertz CT molecular complexity index is 1420. The molecule has 34 heavy (non-hydrogen) atoms. The molecule has 1 aliphatic rings. The Morgan fingerprint density at radius 2 is 2.00 bits per heavy atom. The summed E-state index contributed by atoms with van der Waals surface area (Å²) in [5.74, 6) is 1.59. The van der Waals surface area contributed by atoms with E-state index in [0.29, 0.717) is 57.2 Å². The summed E-state index contributed by atoms with van der Waals surface area (Å²) in [6.07, 6.45) is 1.55. The number of rotatable bonds is 6. The van der Waals surface area contributed by atoms with Crippen LogP contribution >= 0.6 is 23.4 Å². The lowest BCUT2D eigenvalue weighted by molar-refractivity contribution is -0.115. The van der Waals surface area contributed by atoms with E-state index in [2.05, 4.69) is 10.3 Å². The van der Waals surface area contributed by atoms with Gasteiger partial charge >= 0.3 is 0 Å². The first-order valence-corrected chi connectivity index (χ1v) is 11.8. The summed E-state index contributed by atoms with van der Waals surface area (Å²) < 4.78 is 18.0. The molecule has 2 aromatic heterocycles. The molecule has 3 heterocycles. The number of aromatic nitrogens is 2. The highest BCUT2D eigenvalue weighted by Gasteiger charge is 2.21. The van der Waals surface area contributed by atoms with Gasteiger partial charge in [-0.3, -0.25) is 14.2 Å². The number of fused-ring (bicyclic) bond motifs is 2. The number of carbonyl (C=O) groups excluding carboxylic acids is 1. The summed E-state index contributed by atoms with van der Waals surface area (Å²) in [7, 11) is 0. The van der Waals surface area contributed by atoms with E-state index in [9.17, 15) is 9.59 Å². The van der Waals surface area contributed by atoms with Crippen LogP contribution in [0.4, 0.5) is 5.69 Å². The molecule has 10 heteroatoms. The predicted molar refractivity (Wildman–Crippen MR) is 130 cm³/mol. The summed E-state index contributed by atoms with van der Waals surface area (Å²) in [4.78, 5) is 30.9. The van der Waals surface area contributed by atoms with E-state index < -0.39 is 5.25 Å². The summed E-state index contributed by atoms with van der Waals surface area (Å²) in [6, 6.07) is 13.7. The molecule has 2 aromatic carbocycles. The number of thioether (sulfide) groups is 1. The first-order valence-electron chi connectivity index (χ1n) is 10.6. The van der Waals surface area contributed by atoms with E-state index in [1.807, 2.05) is 0 Å². The number of furan rings is 1.